The first kappa shape index (κ1) is 13.4. The van der Waals surface area contributed by atoms with Gasteiger partial charge in [-0.1, -0.05) is 13.8 Å². The van der Waals surface area contributed by atoms with Gasteiger partial charge in [0, 0.05) is 0 Å². The van der Waals surface area contributed by atoms with Crippen LogP contribution in [0.4, 0.5) is 0 Å². The van der Waals surface area contributed by atoms with Gasteiger partial charge in [0.25, 0.3) is 5.91 Å². The first-order valence-electron chi connectivity index (χ1n) is 4.49. The fourth-order valence-electron chi connectivity index (χ4n) is 0.629. The third-order valence-corrected chi connectivity index (χ3v) is 3.61. The van der Waals surface area contributed by atoms with Crippen molar-refractivity contribution < 1.29 is 13.2 Å². The Morgan fingerprint density at radius 1 is 1.21 bits per heavy atom. The van der Waals surface area contributed by atoms with Crippen molar-refractivity contribution in [2.75, 3.05) is 0 Å². The summed E-state index contributed by atoms with van der Waals surface area (Å²) in [4.78, 5) is 11.3. The van der Waals surface area contributed by atoms with Crippen LogP contribution in [-0.2, 0) is 14.8 Å². The maximum atomic E-state index is 11.3. The second kappa shape index (κ2) is 4.75. The minimum Gasteiger partial charge on any atom is -0.320 e. The molecule has 0 aliphatic rings. The van der Waals surface area contributed by atoms with Crippen LogP contribution in [0.15, 0.2) is 0 Å². The quantitative estimate of drug-likeness (QED) is 0.690. The largest absolute Gasteiger partial charge is 0.320 e. The summed E-state index contributed by atoms with van der Waals surface area (Å²) in [6.45, 7) is 6.51. The van der Waals surface area contributed by atoms with Crippen molar-refractivity contribution in [2.24, 2.45) is 11.7 Å². The third kappa shape index (κ3) is 3.63. The van der Waals surface area contributed by atoms with Crippen molar-refractivity contribution in [1.82, 2.24) is 4.72 Å². The van der Waals surface area contributed by atoms with Crippen molar-refractivity contribution in [3.05, 3.63) is 0 Å². The highest BCUT2D eigenvalue weighted by molar-refractivity contribution is 7.90. The second-order valence-corrected chi connectivity index (χ2v) is 6.07. The van der Waals surface area contributed by atoms with Crippen LogP contribution in [0.25, 0.3) is 0 Å². The van der Waals surface area contributed by atoms with E-state index in [4.69, 9.17) is 5.73 Å². The van der Waals surface area contributed by atoms with Crippen molar-refractivity contribution in [1.29, 1.82) is 0 Å². The van der Waals surface area contributed by atoms with Gasteiger partial charge in [-0.05, 0) is 19.8 Å². The number of hydrogen-bond donors (Lipinski definition) is 2. The molecule has 0 aliphatic heterocycles. The molecule has 0 aliphatic carbocycles. The highest BCUT2D eigenvalue weighted by atomic mass is 32.2. The number of carbonyl (C=O) groups excluding carboxylic acids is 1. The average molecular weight is 222 g/mol. The minimum atomic E-state index is -3.56. The van der Waals surface area contributed by atoms with E-state index in [1.807, 2.05) is 4.72 Å². The number of nitrogens with two attached hydrogens (primary N) is 1. The monoisotopic (exact) mass is 222 g/mol. The van der Waals surface area contributed by atoms with Crippen LogP contribution >= 0.6 is 0 Å². The number of carbonyl (C=O) groups is 1. The molecule has 0 aromatic rings. The second-order valence-electron chi connectivity index (χ2n) is 3.83. The lowest BCUT2D eigenvalue weighted by atomic mass is 10.1. The van der Waals surface area contributed by atoms with Gasteiger partial charge < -0.3 is 5.73 Å². The molecule has 0 rings (SSSR count). The van der Waals surface area contributed by atoms with Crippen molar-refractivity contribution >= 4 is 15.9 Å². The molecule has 0 heterocycles. The van der Waals surface area contributed by atoms with Gasteiger partial charge in [0.1, 0.15) is 0 Å². The van der Waals surface area contributed by atoms with Gasteiger partial charge in [0.2, 0.25) is 10.0 Å². The van der Waals surface area contributed by atoms with E-state index in [9.17, 15) is 13.2 Å². The van der Waals surface area contributed by atoms with E-state index < -0.39 is 27.2 Å². The smallest absolute Gasteiger partial charge is 0.250 e. The molecule has 0 bridgehead atoms. The van der Waals surface area contributed by atoms with Gasteiger partial charge in [-0.15, -0.1) is 0 Å². The number of nitrogens with one attached hydrogen (secondary N) is 1. The number of amides is 1. The fraction of sp³-hybridized carbons (Fsp3) is 0.875. The van der Waals surface area contributed by atoms with Crippen LogP contribution in [0, 0.1) is 5.92 Å². The third-order valence-electron chi connectivity index (χ3n) is 1.88. The summed E-state index contributed by atoms with van der Waals surface area (Å²) in [7, 11) is -3.56. The Hall–Kier alpha value is -0.620. The Kier molecular flexibility index (Phi) is 4.54. The van der Waals surface area contributed by atoms with Crippen molar-refractivity contribution in [3.8, 4) is 0 Å². The molecular formula is C8H18N2O3S. The summed E-state index contributed by atoms with van der Waals surface area (Å²) < 4.78 is 24.5. The van der Waals surface area contributed by atoms with Crippen molar-refractivity contribution in [3.63, 3.8) is 0 Å². The Labute approximate surface area is 85.1 Å². The molecule has 0 fully saturated rings. The summed E-state index contributed by atoms with van der Waals surface area (Å²) in [5.41, 5.74) is 5.49. The fourth-order valence-corrected chi connectivity index (χ4v) is 1.28. The molecule has 5 nitrogen and oxygen atoms in total. The van der Waals surface area contributed by atoms with Gasteiger partial charge in [0.15, 0.2) is 0 Å². The number of rotatable bonds is 4. The summed E-state index contributed by atoms with van der Waals surface area (Å²) in [6.07, 6.45) is 0. The van der Waals surface area contributed by atoms with E-state index in [1.54, 1.807) is 13.8 Å². The molecule has 1 amide bonds. The lowest BCUT2D eigenvalue weighted by Gasteiger charge is -2.16. The van der Waals surface area contributed by atoms with Crippen LogP contribution in [0.3, 0.4) is 0 Å². The number of sulfonamides is 1. The molecule has 0 spiro atoms. The minimum absolute atomic E-state index is 0.0858. The highest BCUT2D eigenvalue weighted by Crippen LogP contribution is 2.01. The predicted octanol–water partition coefficient (Wildman–Crippen LogP) is -0.176. The van der Waals surface area contributed by atoms with Gasteiger partial charge in [-0.2, -0.15) is 0 Å². The van der Waals surface area contributed by atoms with Crippen molar-refractivity contribution in [2.45, 2.75) is 39.0 Å². The van der Waals surface area contributed by atoms with Crippen LogP contribution in [-0.4, -0.2) is 25.6 Å². The highest BCUT2D eigenvalue weighted by Gasteiger charge is 2.24. The summed E-state index contributed by atoms with van der Waals surface area (Å²) in [6, 6.07) is -0.788. The Morgan fingerprint density at radius 3 is 1.93 bits per heavy atom. The van der Waals surface area contributed by atoms with Crippen LogP contribution in [0.2, 0.25) is 0 Å². The van der Waals surface area contributed by atoms with E-state index in [1.165, 1.54) is 13.8 Å². The first-order chi connectivity index (χ1) is 6.18. The van der Waals surface area contributed by atoms with Gasteiger partial charge in [-0.3, -0.25) is 9.52 Å². The molecular weight excluding hydrogens is 204 g/mol. The van der Waals surface area contributed by atoms with E-state index >= 15 is 0 Å². The van der Waals surface area contributed by atoms with Crippen LogP contribution < -0.4 is 10.5 Å². The Balaban J connectivity index is 4.49. The standard InChI is InChI=1S/C8H18N2O3S/c1-5(2)7(9)8(11)10-14(12,13)6(3)4/h5-7H,9H2,1-4H3,(H,10,11)/t7-/m0/s1. The van der Waals surface area contributed by atoms with Crippen LogP contribution in [0.5, 0.6) is 0 Å². The zero-order chi connectivity index (χ0) is 11.5. The molecule has 1 atom stereocenters. The predicted molar refractivity (Wildman–Crippen MR) is 55.0 cm³/mol. The molecule has 14 heavy (non-hydrogen) atoms. The molecule has 0 aromatic heterocycles. The van der Waals surface area contributed by atoms with E-state index in [2.05, 4.69) is 0 Å². The zero-order valence-electron chi connectivity index (χ0n) is 8.94. The molecule has 0 saturated heterocycles. The summed E-state index contributed by atoms with van der Waals surface area (Å²) >= 11 is 0. The summed E-state index contributed by atoms with van der Waals surface area (Å²) in [5.74, 6) is -0.730. The molecule has 0 aromatic carbocycles. The molecule has 0 radical (unpaired) electrons. The van der Waals surface area contributed by atoms with Gasteiger partial charge in [-0.25, -0.2) is 8.42 Å². The Bertz CT molecular complexity index is 296. The SMILES string of the molecule is CC(C)[C@H](N)C(=O)NS(=O)(=O)C(C)C. The normalized spacial score (nSPS) is 14.5. The van der Waals surface area contributed by atoms with Crippen LogP contribution in [0.1, 0.15) is 27.7 Å². The zero-order valence-corrected chi connectivity index (χ0v) is 9.76. The van der Waals surface area contributed by atoms with E-state index in [0.29, 0.717) is 0 Å². The topological polar surface area (TPSA) is 89.3 Å². The molecule has 0 saturated carbocycles. The molecule has 3 N–H and O–H groups in total. The maximum Gasteiger partial charge on any atom is 0.250 e. The molecule has 0 unspecified atom stereocenters. The first-order valence-corrected chi connectivity index (χ1v) is 6.04. The average Bonchev–Trinajstić information content (AvgIpc) is 2.01. The lowest BCUT2D eigenvalue weighted by molar-refractivity contribution is -0.121. The van der Waals surface area contributed by atoms with E-state index in [0.717, 1.165) is 0 Å². The Morgan fingerprint density at radius 2 is 1.64 bits per heavy atom. The number of hydrogen-bond acceptors (Lipinski definition) is 4. The van der Waals surface area contributed by atoms with Gasteiger partial charge >= 0.3 is 0 Å². The summed E-state index contributed by atoms with van der Waals surface area (Å²) in [5, 5.41) is -0.634. The maximum absolute atomic E-state index is 11.3. The van der Waals surface area contributed by atoms with E-state index in [-0.39, 0.29) is 5.92 Å². The lowest BCUT2D eigenvalue weighted by Crippen LogP contribution is -2.47. The molecule has 6 heteroatoms. The van der Waals surface area contributed by atoms with Gasteiger partial charge in [0.05, 0.1) is 11.3 Å². The molecule has 84 valence electrons.